The summed E-state index contributed by atoms with van der Waals surface area (Å²) < 4.78 is 0. The van der Waals surface area contributed by atoms with Crippen molar-refractivity contribution in [3.63, 3.8) is 0 Å². The zero-order valence-corrected chi connectivity index (χ0v) is 7.29. The standard InChI is InChI=1S/C3H5B.FH.K/c1-3(2)4;;/h1H2,2H3;1H;/q;;+1/p-1. The van der Waals surface area contributed by atoms with Crippen molar-refractivity contribution in [3.05, 3.63) is 12.1 Å². The van der Waals surface area contributed by atoms with Crippen LogP contribution >= 0.6 is 0 Å². The van der Waals surface area contributed by atoms with E-state index >= 15 is 0 Å². The Labute approximate surface area is 81.6 Å². The minimum Gasteiger partial charge on any atom is -1.00 e. The summed E-state index contributed by atoms with van der Waals surface area (Å²) in [7, 11) is 4.92. The molecule has 0 nitrogen and oxygen atoms in total. The molecule has 0 N–H and O–H groups in total. The van der Waals surface area contributed by atoms with Gasteiger partial charge in [0.05, 0.1) is 0 Å². The maximum Gasteiger partial charge on any atom is 1.00 e. The summed E-state index contributed by atoms with van der Waals surface area (Å²) in [5.74, 6) is 0. The molecule has 0 saturated carbocycles. The fourth-order valence-corrected chi connectivity index (χ4v) is 0. The summed E-state index contributed by atoms with van der Waals surface area (Å²) in [5, 5.41) is 0. The Hall–Kier alpha value is 1.37. The number of hydrogen-bond acceptors (Lipinski definition) is 0. The van der Waals surface area contributed by atoms with Crippen molar-refractivity contribution in [2.75, 3.05) is 0 Å². The van der Waals surface area contributed by atoms with Crippen LogP contribution in [0, 0.1) is 0 Å². The second-order valence-electron chi connectivity index (χ2n) is 0.846. The van der Waals surface area contributed by atoms with Gasteiger partial charge in [-0.25, -0.2) is 0 Å². The van der Waals surface area contributed by atoms with Crippen LogP contribution in [-0.2, 0) is 0 Å². The van der Waals surface area contributed by atoms with Crippen molar-refractivity contribution < 1.29 is 56.1 Å². The molecular weight excluding hydrogens is 105 g/mol. The van der Waals surface area contributed by atoms with Crippen LogP contribution in [0.15, 0.2) is 12.1 Å². The first kappa shape index (κ1) is 15.7. The van der Waals surface area contributed by atoms with Gasteiger partial charge in [0.25, 0.3) is 0 Å². The van der Waals surface area contributed by atoms with Crippen molar-refractivity contribution in [1.29, 1.82) is 0 Å². The molecule has 3 heteroatoms. The predicted molar refractivity (Wildman–Crippen MR) is 20.6 cm³/mol. The summed E-state index contributed by atoms with van der Waals surface area (Å²) in [6.07, 6.45) is 0. The molecule has 0 atom stereocenters. The van der Waals surface area contributed by atoms with Gasteiger partial charge in [-0.2, -0.15) is 0 Å². The molecule has 0 spiro atoms. The van der Waals surface area contributed by atoms with Crippen molar-refractivity contribution in [3.8, 4) is 0 Å². The minimum atomic E-state index is 0. The van der Waals surface area contributed by atoms with Crippen LogP contribution in [0.1, 0.15) is 6.92 Å². The average Bonchev–Trinajstić information content (AvgIpc) is 0.811. The molecule has 2 radical (unpaired) electrons. The first-order chi connectivity index (χ1) is 1.73. The molecule has 0 aromatic heterocycles. The molecule has 0 aliphatic heterocycles. The van der Waals surface area contributed by atoms with Crippen molar-refractivity contribution in [2.24, 2.45) is 0 Å². The van der Waals surface area contributed by atoms with Crippen LogP contribution in [0.3, 0.4) is 0 Å². The van der Waals surface area contributed by atoms with Gasteiger partial charge in [0.2, 0.25) is 0 Å². The average molecular weight is 110 g/mol. The van der Waals surface area contributed by atoms with Gasteiger partial charge in [-0.1, -0.05) is 6.92 Å². The summed E-state index contributed by atoms with van der Waals surface area (Å²) in [5.41, 5.74) is 0.667. The van der Waals surface area contributed by atoms with Gasteiger partial charge in [0, 0.05) is 0 Å². The molecule has 0 rings (SSSR count). The molecule has 0 saturated heterocycles. The van der Waals surface area contributed by atoms with Crippen LogP contribution in [0.25, 0.3) is 0 Å². The van der Waals surface area contributed by atoms with Crippen LogP contribution in [0.2, 0.25) is 0 Å². The van der Waals surface area contributed by atoms with E-state index in [1.54, 1.807) is 6.92 Å². The third kappa shape index (κ3) is 54.6. The topological polar surface area (TPSA) is 0 Å². The maximum atomic E-state index is 4.92. The summed E-state index contributed by atoms with van der Waals surface area (Å²) in [4.78, 5) is 0. The summed E-state index contributed by atoms with van der Waals surface area (Å²) >= 11 is 0. The molecule has 0 aliphatic carbocycles. The molecule has 0 unspecified atom stereocenters. The Balaban J connectivity index is -0.0000000450. The first-order valence-corrected chi connectivity index (χ1v) is 1.14. The number of rotatable bonds is 0. The fraction of sp³-hybridized carbons (Fsp3) is 0.333. The Morgan fingerprint density at radius 3 is 1.67 bits per heavy atom. The largest absolute Gasteiger partial charge is 1.00 e. The van der Waals surface area contributed by atoms with E-state index in [1.807, 2.05) is 0 Å². The van der Waals surface area contributed by atoms with E-state index in [4.69, 9.17) is 7.85 Å². The summed E-state index contributed by atoms with van der Waals surface area (Å²) in [6.45, 7) is 5.08. The van der Waals surface area contributed by atoms with Gasteiger partial charge < -0.3 is 4.70 Å². The minimum absolute atomic E-state index is 0. The molecular formula is C3H5BFK. The second-order valence-corrected chi connectivity index (χ2v) is 0.846. The normalized spacial score (nSPS) is 4.17. The van der Waals surface area contributed by atoms with Crippen LogP contribution in [-0.4, -0.2) is 7.85 Å². The quantitative estimate of drug-likeness (QED) is 0.273. The number of halogens is 1. The molecule has 0 aromatic carbocycles. The van der Waals surface area contributed by atoms with Gasteiger partial charge in [-0.3, -0.25) is 0 Å². The van der Waals surface area contributed by atoms with E-state index in [1.165, 1.54) is 0 Å². The van der Waals surface area contributed by atoms with Crippen LogP contribution in [0.4, 0.5) is 0 Å². The van der Waals surface area contributed by atoms with Gasteiger partial charge in [-0.15, -0.1) is 12.1 Å². The Morgan fingerprint density at radius 1 is 1.67 bits per heavy atom. The molecule has 6 heavy (non-hydrogen) atoms. The van der Waals surface area contributed by atoms with E-state index in [2.05, 4.69) is 6.58 Å². The third-order valence-electron chi connectivity index (χ3n) is 0. The third-order valence-corrected chi connectivity index (χ3v) is 0. The van der Waals surface area contributed by atoms with Crippen LogP contribution < -0.4 is 56.1 Å². The predicted octanol–water partition coefficient (Wildman–Crippen LogP) is -5.30. The Morgan fingerprint density at radius 2 is 1.67 bits per heavy atom. The molecule has 0 amide bonds. The Kier molecular flexibility index (Phi) is 25.1. The molecule has 0 bridgehead atoms. The SMILES string of the molecule is [B]C(=C)C.[F-].[K+]. The van der Waals surface area contributed by atoms with Gasteiger partial charge in [0.15, 0.2) is 0 Å². The molecule has 0 aliphatic rings. The molecule has 0 aromatic rings. The van der Waals surface area contributed by atoms with E-state index in [-0.39, 0.29) is 56.1 Å². The molecule has 0 fully saturated rings. The van der Waals surface area contributed by atoms with Crippen LogP contribution in [0.5, 0.6) is 0 Å². The van der Waals surface area contributed by atoms with Gasteiger partial charge in [-0.05, 0) is 0 Å². The molecule has 28 valence electrons. The first-order valence-electron chi connectivity index (χ1n) is 1.14. The van der Waals surface area contributed by atoms with Gasteiger partial charge in [0.1, 0.15) is 7.85 Å². The summed E-state index contributed by atoms with van der Waals surface area (Å²) in [6, 6.07) is 0. The number of allylic oxidation sites excluding steroid dienone is 1. The molecule has 0 heterocycles. The van der Waals surface area contributed by atoms with E-state index in [0.717, 1.165) is 0 Å². The van der Waals surface area contributed by atoms with E-state index in [9.17, 15) is 0 Å². The van der Waals surface area contributed by atoms with Gasteiger partial charge >= 0.3 is 51.4 Å². The Bertz CT molecular complexity index is 33.8. The monoisotopic (exact) mass is 110 g/mol. The number of hydrogen-bond donors (Lipinski definition) is 0. The van der Waals surface area contributed by atoms with E-state index < -0.39 is 0 Å². The van der Waals surface area contributed by atoms with E-state index in [0.29, 0.717) is 5.47 Å². The fourth-order valence-electron chi connectivity index (χ4n) is 0. The van der Waals surface area contributed by atoms with Crippen molar-refractivity contribution >= 4 is 7.85 Å². The smallest absolute Gasteiger partial charge is 1.00 e. The zero-order valence-electron chi connectivity index (χ0n) is 4.16. The maximum absolute atomic E-state index is 4.92. The zero-order chi connectivity index (χ0) is 3.58. The van der Waals surface area contributed by atoms with Crippen molar-refractivity contribution in [1.82, 2.24) is 0 Å². The second kappa shape index (κ2) is 9.62. The van der Waals surface area contributed by atoms with Crippen molar-refractivity contribution in [2.45, 2.75) is 6.92 Å².